The fraction of sp³-hybridized carbons (Fsp3) is 0.417. The molecule has 9 heteroatoms. The van der Waals surface area contributed by atoms with Crippen LogP contribution in [0.3, 0.4) is 0 Å². The molecule has 0 saturated heterocycles. The van der Waals surface area contributed by atoms with E-state index in [0.717, 1.165) is 11.1 Å². The Morgan fingerprint density at radius 1 is 1.00 bits per heavy atom. The summed E-state index contributed by atoms with van der Waals surface area (Å²) in [7, 11) is -3.98. The van der Waals surface area contributed by atoms with E-state index in [2.05, 4.69) is 5.32 Å². The molecular formula is C24H29NO7S. The van der Waals surface area contributed by atoms with Crippen molar-refractivity contribution < 1.29 is 31.7 Å². The van der Waals surface area contributed by atoms with Crippen LogP contribution in [0.25, 0.3) is 0 Å². The normalized spacial score (nSPS) is 20.6. The van der Waals surface area contributed by atoms with Crippen LogP contribution in [-0.4, -0.2) is 39.2 Å². The number of nitrogens with one attached hydrogen (secondary N) is 1. The van der Waals surface area contributed by atoms with Crippen molar-refractivity contribution in [3.05, 3.63) is 65.7 Å². The number of carbonyl (C=O) groups excluding carboxylic acids is 2. The van der Waals surface area contributed by atoms with E-state index in [9.17, 15) is 18.0 Å². The van der Waals surface area contributed by atoms with Crippen molar-refractivity contribution in [2.45, 2.75) is 56.8 Å². The highest BCUT2D eigenvalue weighted by molar-refractivity contribution is 7.86. The van der Waals surface area contributed by atoms with Gasteiger partial charge in [0.25, 0.3) is 10.1 Å². The summed E-state index contributed by atoms with van der Waals surface area (Å²) in [4.78, 5) is 24.9. The molecular weight excluding hydrogens is 446 g/mol. The molecule has 0 aliphatic heterocycles. The Kier molecular flexibility index (Phi) is 8.46. The summed E-state index contributed by atoms with van der Waals surface area (Å²) < 4.78 is 41.3. The van der Waals surface area contributed by atoms with E-state index < -0.39 is 40.2 Å². The second kappa shape index (κ2) is 11.3. The first-order valence-electron chi connectivity index (χ1n) is 10.9. The highest BCUT2D eigenvalue weighted by atomic mass is 32.2. The molecule has 33 heavy (non-hydrogen) atoms. The van der Waals surface area contributed by atoms with Crippen LogP contribution in [0.4, 0.5) is 4.79 Å². The molecule has 0 radical (unpaired) electrons. The van der Waals surface area contributed by atoms with Crippen LogP contribution in [0.15, 0.2) is 59.5 Å². The summed E-state index contributed by atoms with van der Waals surface area (Å²) in [6.45, 7) is 3.85. The molecule has 1 fully saturated rings. The second-order valence-electron chi connectivity index (χ2n) is 7.97. The van der Waals surface area contributed by atoms with Crippen LogP contribution in [0.2, 0.25) is 0 Å². The Bertz CT molecular complexity index is 1040. The molecule has 0 bridgehead atoms. The van der Waals surface area contributed by atoms with Crippen molar-refractivity contribution >= 4 is 22.2 Å². The van der Waals surface area contributed by atoms with Gasteiger partial charge in [-0.3, -0.25) is 8.98 Å². The van der Waals surface area contributed by atoms with Gasteiger partial charge in [0.1, 0.15) is 6.61 Å². The third-order valence-corrected chi connectivity index (χ3v) is 6.85. The summed E-state index contributed by atoms with van der Waals surface area (Å²) >= 11 is 0. The number of esters is 1. The smallest absolute Gasteiger partial charge is 0.407 e. The molecule has 3 atom stereocenters. The SMILES string of the molecule is CCOC(=O)C1CCC(OS(=O)(=O)c2ccc(C)cc2)CC1NC(=O)OCc1ccccc1. The Hall–Kier alpha value is -2.91. The molecule has 2 aromatic carbocycles. The quantitative estimate of drug-likeness (QED) is 0.458. The molecule has 1 aliphatic rings. The van der Waals surface area contributed by atoms with Gasteiger partial charge in [-0.2, -0.15) is 8.42 Å². The molecule has 2 aromatic rings. The van der Waals surface area contributed by atoms with E-state index >= 15 is 0 Å². The molecule has 3 unspecified atom stereocenters. The first-order chi connectivity index (χ1) is 15.8. The average molecular weight is 476 g/mol. The molecule has 178 valence electrons. The molecule has 1 saturated carbocycles. The Morgan fingerprint density at radius 2 is 1.70 bits per heavy atom. The molecule has 1 N–H and O–H groups in total. The molecule has 0 aromatic heterocycles. The molecule has 8 nitrogen and oxygen atoms in total. The number of aryl methyl sites for hydroxylation is 1. The van der Waals surface area contributed by atoms with Gasteiger partial charge in [0.15, 0.2) is 0 Å². The number of alkyl carbamates (subject to hydrolysis) is 1. The zero-order valence-electron chi connectivity index (χ0n) is 18.7. The number of hydrogen-bond acceptors (Lipinski definition) is 7. The lowest BCUT2D eigenvalue weighted by molar-refractivity contribution is -0.150. The number of hydrogen-bond donors (Lipinski definition) is 1. The molecule has 1 aliphatic carbocycles. The minimum absolute atomic E-state index is 0.0624. The van der Waals surface area contributed by atoms with Crippen molar-refractivity contribution in [3.63, 3.8) is 0 Å². The van der Waals surface area contributed by atoms with Gasteiger partial charge >= 0.3 is 12.1 Å². The zero-order chi connectivity index (χ0) is 23.8. The number of ether oxygens (including phenoxy) is 2. The first-order valence-corrected chi connectivity index (χ1v) is 12.3. The highest BCUT2D eigenvalue weighted by Crippen LogP contribution is 2.30. The number of carbonyl (C=O) groups is 2. The van der Waals surface area contributed by atoms with Gasteiger partial charge in [0, 0.05) is 6.04 Å². The van der Waals surface area contributed by atoms with Crippen molar-refractivity contribution in [1.82, 2.24) is 5.32 Å². The molecule has 1 amide bonds. The van der Waals surface area contributed by atoms with E-state index in [1.54, 1.807) is 19.1 Å². The van der Waals surface area contributed by atoms with Crippen LogP contribution < -0.4 is 5.32 Å². The Morgan fingerprint density at radius 3 is 2.36 bits per heavy atom. The lowest BCUT2D eigenvalue weighted by Crippen LogP contribution is -2.49. The van der Waals surface area contributed by atoms with Gasteiger partial charge in [-0.1, -0.05) is 48.0 Å². The summed E-state index contributed by atoms with van der Waals surface area (Å²) in [5.41, 5.74) is 1.76. The van der Waals surface area contributed by atoms with Gasteiger partial charge in [-0.15, -0.1) is 0 Å². The van der Waals surface area contributed by atoms with E-state index in [-0.39, 0.29) is 24.5 Å². The Balaban J connectivity index is 1.66. The van der Waals surface area contributed by atoms with Gasteiger partial charge in [0.05, 0.1) is 23.5 Å². The Labute approximate surface area is 194 Å². The first kappa shape index (κ1) is 24.7. The van der Waals surface area contributed by atoms with Crippen molar-refractivity contribution in [2.24, 2.45) is 5.92 Å². The minimum Gasteiger partial charge on any atom is -0.466 e. The minimum atomic E-state index is -3.98. The van der Waals surface area contributed by atoms with E-state index in [1.165, 1.54) is 12.1 Å². The van der Waals surface area contributed by atoms with E-state index in [0.29, 0.717) is 12.8 Å². The van der Waals surface area contributed by atoms with Crippen LogP contribution in [-0.2, 0) is 35.2 Å². The monoisotopic (exact) mass is 475 g/mol. The predicted molar refractivity (Wildman–Crippen MR) is 121 cm³/mol. The standard InChI is InChI=1S/C24H29NO7S/c1-3-30-23(26)21-14-11-19(32-33(28,29)20-12-9-17(2)10-13-20)15-22(21)25-24(27)31-16-18-7-5-4-6-8-18/h4-10,12-13,19,21-22H,3,11,14-16H2,1-2H3,(H,25,27). The van der Waals surface area contributed by atoms with Crippen LogP contribution in [0.1, 0.15) is 37.3 Å². The van der Waals surface area contributed by atoms with E-state index in [1.807, 2.05) is 37.3 Å². The fourth-order valence-corrected chi connectivity index (χ4v) is 4.88. The van der Waals surface area contributed by atoms with Crippen molar-refractivity contribution in [3.8, 4) is 0 Å². The van der Waals surface area contributed by atoms with Gasteiger partial charge < -0.3 is 14.8 Å². The zero-order valence-corrected chi connectivity index (χ0v) is 19.5. The third-order valence-electron chi connectivity index (χ3n) is 5.48. The van der Waals surface area contributed by atoms with Crippen LogP contribution in [0.5, 0.6) is 0 Å². The highest BCUT2D eigenvalue weighted by Gasteiger charge is 2.39. The number of rotatable bonds is 8. The molecule has 0 spiro atoms. The summed E-state index contributed by atoms with van der Waals surface area (Å²) in [6, 6.07) is 14.9. The summed E-state index contributed by atoms with van der Waals surface area (Å²) in [6.07, 6.45) is -0.598. The maximum Gasteiger partial charge on any atom is 0.407 e. The maximum atomic E-state index is 12.7. The maximum absolute atomic E-state index is 12.7. The molecule has 3 rings (SSSR count). The summed E-state index contributed by atoms with van der Waals surface area (Å²) in [5, 5.41) is 2.70. The van der Waals surface area contributed by atoms with Crippen molar-refractivity contribution in [2.75, 3.05) is 6.61 Å². The number of amides is 1. The molecule has 0 heterocycles. The third kappa shape index (κ3) is 7.03. The fourth-order valence-electron chi connectivity index (χ4n) is 3.77. The van der Waals surface area contributed by atoms with Gasteiger partial charge in [0.2, 0.25) is 0 Å². The van der Waals surface area contributed by atoms with Gasteiger partial charge in [-0.05, 0) is 50.8 Å². The van der Waals surface area contributed by atoms with Crippen molar-refractivity contribution in [1.29, 1.82) is 0 Å². The van der Waals surface area contributed by atoms with Crippen LogP contribution >= 0.6 is 0 Å². The topological polar surface area (TPSA) is 108 Å². The van der Waals surface area contributed by atoms with Crippen LogP contribution in [0, 0.1) is 12.8 Å². The second-order valence-corrected chi connectivity index (χ2v) is 9.54. The average Bonchev–Trinajstić information content (AvgIpc) is 2.79. The summed E-state index contributed by atoms with van der Waals surface area (Å²) in [5.74, 6) is -1.05. The van der Waals surface area contributed by atoms with Gasteiger partial charge in [-0.25, -0.2) is 4.79 Å². The van der Waals surface area contributed by atoms with E-state index in [4.69, 9.17) is 13.7 Å². The largest absolute Gasteiger partial charge is 0.466 e. The lowest BCUT2D eigenvalue weighted by Gasteiger charge is -2.34. The number of benzene rings is 2. The predicted octanol–water partition coefficient (Wildman–Crippen LogP) is 3.73. The lowest BCUT2D eigenvalue weighted by atomic mass is 9.83.